The Morgan fingerprint density at radius 3 is 2.69 bits per heavy atom. The number of benzene rings is 3. The summed E-state index contributed by atoms with van der Waals surface area (Å²) < 4.78 is 12.8. The molecule has 8 heteroatoms. The van der Waals surface area contributed by atoms with Crippen molar-refractivity contribution in [3.63, 3.8) is 0 Å². The van der Waals surface area contributed by atoms with Crippen LogP contribution in [0.5, 0.6) is 17.2 Å². The molecule has 32 heavy (non-hydrogen) atoms. The summed E-state index contributed by atoms with van der Waals surface area (Å²) >= 11 is 3.29. The van der Waals surface area contributed by atoms with Gasteiger partial charge in [0.25, 0.3) is 5.56 Å². The fraction of sp³-hybridized carbons (Fsp3) is 0.125. The van der Waals surface area contributed by atoms with Gasteiger partial charge in [-0.3, -0.25) is 4.79 Å². The maximum atomic E-state index is 13.2. The Balaban J connectivity index is 1.79. The highest BCUT2D eigenvalue weighted by Gasteiger charge is 2.13. The molecule has 0 atom stereocenters. The van der Waals surface area contributed by atoms with Gasteiger partial charge in [-0.05, 0) is 58.7 Å². The van der Waals surface area contributed by atoms with Gasteiger partial charge in [0, 0.05) is 5.56 Å². The second kappa shape index (κ2) is 9.23. The maximum absolute atomic E-state index is 13.2. The van der Waals surface area contributed by atoms with Crippen molar-refractivity contribution in [2.45, 2.75) is 13.5 Å². The van der Waals surface area contributed by atoms with Crippen LogP contribution in [0.1, 0.15) is 17.0 Å². The van der Waals surface area contributed by atoms with Crippen LogP contribution in [0.4, 0.5) is 0 Å². The van der Waals surface area contributed by atoms with Crippen LogP contribution >= 0.6 is 15.9 Å². The molecule has 4 aromatic rings. The average molecular weight is 494 g/mol. The van der Waals surface area contributed by atoms with Crippen molar-refractivity contribution in [1.29, 1.82) is 0 Å². The Labute approximate surface area is 192 Å². The molecule has 7 nitrogen and oxygen atoms in total. The topological polar surface area (TPSA) is 85.9 Å². The molecule has 0 saturated heterocycles. The molecule has 1 N–H and O–H groups in total. The van der Waals surface area contributed by atoms with E-state index in [0.717, 1.165) is 5.56 Å². The average Bonchev–Trinajstić information content (AvgIpc) is 2.80. The molecule has 1 heterocycles. The van der Waals surface area contributed by atoms with E-state index < -0.39 is 0 Å². The van der Waals surface area contributed by atoms with E-state index in [0.29, 0.717) is 38.3 Å². The lowest BCUT2D eigenvalue weighted by molar-refractivity contribution is 0.287. The largest absolute Gasteiger partial charge is 0.506 e. The highest BCUT2D eigenvalue weighted by molar-refractivity contribution is 9.10. The van der Waals surface area contributed by atoms with E-state index in [1.807, 2.05) is 37.3 Å². The van der Waals surface area contributed by atoms with Gasteiger partial charge in [0.05, 0.1) is 28.7 Å². The first kappa shape index (κ1) is 21.6. The minimum Gasteiger partial charge on any atom is -0.506 e. The zero-order valence-electron chi connectivity index (χ0n) is 17.4. The summed E-state index contributed by atoms with van der Waals surface area (Å²) in [7, 11) is 1.53. The summed E-state index contributed by atoms with van der Waals surface area (Å²) in [4.78, 5) is 17.8. The molecule has 4 rings (SSSR count). The Kier molecular flexibility index (Phi) is 6.23. The van der Waals surface area contributed by atoms with Crippen molar-refractivity contribution in [2.24, 2.45) is 5.10 Å². The van der Waals surface area contributed by atoms with E-state index in [1.54, 1.807) is 30.3 Å². The number of hydrogen-bond donors (Lipinski definition) is 1. The van der Waals surface area contributed by atoms with E-state index in [2.05, 4.69) is 26.0 Å². The third-order valence-corrected chi connectivity index (χ3v) is 5.49. The van der Waals surface area contributed by atoms with E-state index in [9.17, 15) is 9.90 Å². The Bertz CT molecular complexity index is 1380. The predicted molar refractivity (Wildman–Crippen MR) is 127 cm³/mol. The number of para-hydroxylation sites is 2. The van der Waals surface area contributed by atoms with Crippen LogP contribution < -0.4 is 15.0 Å². The molecule has 0 fully saturated rings. The number of nitrogens with zero attached hydrogens (tertiary/aromatic N) is 3. The van der Waals surface area contributed by atoms with Gasteiger partial charge in [-0.2, -0.15) is 9.78 Å². The quantitative estimate of drug-likeness (QED) is 0.395. The molecule has 0 spiro atoms. The van der Waals surface area contributed by atoms with Gasteiger partial charge in [0.1, 0.15) is 23.9 Å². The summed E-state index contributed by atoms with van der Waals surface area (Å²) in [5.41, 5.74) is 1.56. The molecule has 1 aromatic heterocycles. The van der Waals surface area contributed by atoms with Crippen LogP contribution in [0.15, 0.2) is 75.0 Å². The lowest BCUT2D eigenvalue weighted by Crippen LogP contribution is -2.23. The molecular weight excluding hydrogens is 474 g/mol. The second-order valence-corrected chi connectivity index (χ2v) is 7.86. The molecule has 0 aliphatic carbocycles. The number of halogens is 1. The smallest absolute Gasteiger partial charge is 0.282 e. The summed E-state index contributed by atoms with van der Waals surface area (Å²) in [5.74, 6) is 1.53. The second-order valence-electron chi connectivity index (χ2n) is 7.01. The van der Waals surface area contributed by atoms with Crippen molar-refractivity contribution < 1.29 is 14.6 Å². The highest BCUT2D eigenvalue weighted by Crippen LogP contribution is 2.31. The standard InChI is InChI=1S/C24H20BrN3O4/c1-15-7-3-6-10-21(15)32-14-22-27-20-9-5-4-8-18(20)24(30)28(22)26-13-16-11-17(31-2)12-19(25)23(16)29/h3-13,29H,14H2,1-2H3/b26-13+. The first-order chi connectivity index (χ1) is 15.5. The Morgan fingerprint density at radius 1 is 1.16 bits per heavy atom. The zero-order chi connectivity index (χ0) is 22.7. The Morgan fingerprint density at radius 2 is 1.91 bits per heavy atom. The number of aromatic nitrogens is 2. The fourth-order valence-electron chi connectivity index (χ4n) is 3.17. The van der Waals surface area contributed by atoms with Gasteiger partial charge in [0.2, 0.25) is 0 Å². The third kappa shape index (κ3) is 4.36. The van der Waals surface area contributed by atoms with Gasteiger partial charge in [0.15, 0.2) is 5.82 Å². The number of aromatic hydroxyl groups is 1. The number of rotatable bonds is 6. The van der Waals surface area contributed by atoms with Crippen molar-refractivity contribution in [3.8, 4) is 17.2 Å². The van der Waals surface area contributed by atoms with Crippen LogP contribution in [0, 0.1) is 6.92 Å². The van der Waals surface area contributed by atoms with Crippen LogP contribution in [0.25, 0.3) is 10.9 Å². The SMILES string of the molecule is COc1cc(Br)c(O)c(/C=N/n2c(COc3ccccc3C)nc3ccccc3c2=O)c1. The van der Waals surface area contributed by atoms with Gasteiger partial charge >= 0.3 is 0 Å². The first-order valence-corrected chi connectivity index (χ1v) is 10.6. The number of phenolic OH excluding ortho intramolecular Hbond substituents is 1. The number of phenols is 1. The molecule has 0 aliphatic rings. The van der Waals surface area contributed by atoms with E-state index in [-0.39, 0.29) is 17.9 Å². The van der Waals surface area contributed by atoms with E-state index in [4.69, 9.17) is 9.47 Å². The molecule has 0 bridgehead atoms. The number of fused-ring (bicyclic) bond motifs is 1. The van der Waals surface area contributed by atoms with Crippen LogP contribution in [-0.4, -0.2) is 28.1 Å². The van der Waals surface area contributed by atoms with E-state index in [1.165, 1.54) is 18.0 Å². The molecule has 162 valence electrons. The molecule has 0 amide bonds. The molecule has 0 radical (unpaired) electrons. The van der Waals surface area contributed by atoms with Crippen molar-refractivity contribution in [3.05, 3.63) is 92.4 Å². The lowest BCUT2D eigenvalue weighted by Gasteiger charge is -2.12. The lowest BCUT2D eigenvalue weighted by atomic mass is 10.2. The zero-order valence-corrected chi connectivity index (χ0v) is 19.0. The predicted octanol–water partition coefficient (Wildman–Crippen LogP) is 4.64. The summed E-state index contributed by atoms with van der Waals surface area (Å²) in [6.07, 6.45) is 1.39. The summed E-state index contributed by atoms with van der Waals surface area (Å²) in [6, 6.07) is 17.9. The molecule has 3 aromatic carbocycles. The van der Waals surface area contributed by atoms with Crippen LogP contribution in [0.2, 0.25) is 0 Å². The number of aryl methyl sites for hydroxylation is 1. The normalized spacial score (nSPS) is 11.2. The van der Waals surface area contributed by atoms with Gasteiger partial charge in [-0.15, -0.1) is 0 Å². The minimum absolute atomic E-state index is 0.0194. The number of hydrogen-bond acceptors (Lipinski definition) is 6. The number of ether oxygens (including phenoxy) is 2. The Hall–Kier alpha value is -3.65. The van der Waals surface area contributed by atoms with Crippen molar-refractivity contribution in [1.82, 2.24) is 9.66 Å². The highest BCUT2D eigenvalue weighted by atomic mass is 79.9. The van der Waals surface area contributed by atoms with Gasteiger partial charge in [-0.25, -0.2) is 4.98 Å². The first-order valence-electron chi connectivity index (χ1n) is 9.78. The van der Waals surface area contributed by atoms with Gasteiger partial charge in [-0.1, -0.05) is 30.3 Å². The van der Waals surface area contributed by atoms with Crippen molar-refractivity contribution >= 4 is 33.0 Å². The molecule has 0 saturated carbocycles. The molecule has 0 aliphatic heterocycles. The van der Waals surface area contributed by atoms with E-state index >= 15 is 0 Å². The van der Waals surface area contributed by atoms with Crippen LogP contribution in [-0.2, 0) is 6.61 Å². The van der Waals surface area contributed by atoms with Crippen molar-refractivity contribution in [2.75, 3.05) is 7.11 Å². The summed E-state index contributed by atoms with van der Waals surface area (Å²) in [5, 5.41) is 15.1. The summed E-state index contributed by atoms with van der Waals surface area (Å²) in [6.45, 7) is 1.98. The maximum Gasteiger partial charge on any atom is 0.282 e. The van der Waals surface area contributed by atoms with Gasteiger partial charge < -0.3 is 14.6 Å². The number of methoxy groups -OCH3 is 1. The monoisotopic (exact) mass is 493 g/mol. The fourth-order valence-corrected chi connectivity index (χ4v) is 3.63. The minimum atomic E-state index is -0.336. The third-order valence-electron chi connectivity index (χ3n) is 4.89. The molecule has 0 unspecified atom stereocenters. The molecular formula is C24H20BrN3O4. The van der Waals surface area contributed by atoms with Crippen LogP contribution in [0.3, 0.4) is 0 Å².